The Morgan fingerprint density at radius 3 is 3.09 bits per heavy atom. The Hall–Kier alpha value is -2.04. The molecule has 0 fully saturated rings. The first-order chi connectivity index (χ1) is 10.8. The van der Waals surface area contributed by atoms with Gasteiger partial charge in [0.25, 0.3) is 0 Å². The van der Waals surface area contributed by atoms with Crippen molar-refractivity contribution in [3.05, 3.63) is 34.2 Å². The van der Waals surface area contributed by atoms with Crippen LogP contribution < -0.4 is 10.4 Å². The predicted molar refractivity (Wildman–Crippen MR) is 86.2 cm³/mol. The maximum Gasteiger partial charge on any atom is 0.343 e. The number of aryl methyl sites for hydroxylation is 1. The zero-order chi connectivity index (χ0) is 15.4. The lowest BCUT2D eigenvalue weighted by Crippen LogP contribution is -2.16. The van der Waals surface area contributed by atoms with E-state index in [2.05, 4.69) is 23.2 Å². The molecule has 5 heteroatoms. The fourth-order valence-corrected chi connectivity index (χ4v) is 2.96. The van der Waals surface area contributed by atoms with E-state index >= 15 is 0 Å². The van der Waals surface area contributed by atoms with E-state index < -0.39 is 0 Å². The van der Waals surface area contributed by atoms with Crippen LogP contribution in [-0.2, 0) is 13.0 Å². The molecule has 0 saturated heterocycles. The van der Waals surface area contributed by atoms with Gasteiger partial charge in [0, 0.05) is 12.1 Å². The van der Waals surface area contributed by atoms with Gasteiger partial charge in [0.1, 0.15) is 5.75 Å². The lowest BCUT2D eigenvalue weighted by Gasteiger charge is -2.10. The summed E-state index contributed by atoms with van der Waals surface area (Å²) < 4.78 is 7.58. The molecule has 1 N–H and O–H groups in total. The summed E-state index contributed by atoms with van der Waals surface area (Å²) in [6.45, 7) is 3.69. The highest BCUT2D eigenvalue weighted by atomic mass is 16.5. The van der Waals surface area contributed by atoms with Gasteiger partial charge in [0.05, 0.1) is 6.61 Å². The lowest BCUT2D eigenvalue weighted by molar-refractivity contribution is 0.305. The minimum Gasteiger partial charge on any atom is -0.494 e. The van der Waals surface area contributed by atoms with E-state index in [4.69, 9.17) is 4.74 Å². The molecule has 3 rings (SSSR count). The number of unbranched alkanes of at least 4 members (excludes halogenated alkanes) is 3. The van der Waals surface area contributed by atoms with Crippen LogP contribution >= 0.6 is 0 Å². The molecular weight excluding hydrogens is 278 g/mol. The number of H-pyrrole nitrogens is 1. The second-order valence-corrected chi connectivity index (χ2v) is 5.84. The van der Waals surface area contributed by atoms with E-state index in [1.54, 1.807) is 4.57 Å². The van der Waals surface area contributed by atoms with Gasteiger partial charge >= 0.3 is 5.69 Å². The Morgan fingerprint density at radius 1 is 1.32 bits per heavy atom. The number of hydrogen-bond donors (Lipinski definition) is 1. The maximum absolute atomic E-state index is 11.7. The van der Waals surface area contributed by atoms with E-state index in [9.17, 15) is 4.79 Å². The summed E-state index contributed by atoms with van der Waals surface area (Å²) in [5.41, 5.74) is 2.12. The number of benzene rings is 1. The number of aromatic nitrogens is 3. The minimum absolute atomic E-state index is 0.126. The third kappa shape index (κ3) is 3.08. The summed E-state index contributed by atoms with van der Waals surface area (Å²) >= 11 is 0. The molecular formula is C17H23N3O2. The van der Waals surface area contributed by atoms with Crippen molar-refractivity contribution in [1.82, 2.24) is 14.8 Å². The number of ether oxygens (including phenoxy) is 1. The second kappa shape index (κ2) is 6.81. The Morgan fingerprint density at radius 2 is 2.23 bits per heavy atom. The molecule has 1 aliphatic rings. The molecule has 1 aromatic heterocycles. The summed E-state index contributed by atoms with van der Waals surface area (Å²) in [4.78, 5) is 11.7. The fraction of sp³-hybridized carbons (Fsp3) is 0.529. The van der Waals surface area contributed by atoms with Gasteiger partial charge in [-0.2, -0.15) is 5.10 Å². The molecule has 0 spiro atoms. The third-order valence-corrected chi connectivity index (χ3v) is 4.17. The fourth-order valence-electron chi connectivity index (χ4n) is 2.96. The molecule has 5 nitrogen and oxygen atoms in total. The average Bonchev–Trinajstić information content (AvgIpc) is 2.79. The highest BCUT2D eigenvalue weighted by Crippen LogP contribution is 2.29. The summed E-state index contributed by atoms with van der Waals surface area (Å²) in [7, 11) is 0. The topological polar surface area (TPSA) is 59.9 Å². The first-order valence-corrected chi connectivity index (χ1v) is 8.21. The largest absolute Gasteiger partial charge is 0.494 e. The molecule has 0 radical (unpaired) electrons. The molecule has 0 saturated carbocycles. The first-order valence-electron chi connectivity index (χ1n) is 8.21. The Bertz CT molecular complexity index is 687. The smallest absolute Gasteiger partial charge is 0.343 e. The third-order valence-electron chi connectivity index (χ3n) is 4.17. The molecule has 22 heavy (non-hydrogen) atoms. The molecule has 2 heterocycles. The Labute approximate surface area is 130 Å². The number of rotatable bonds is 6. The first kappa shape index (κ1) is 14.9. The number of nitrogens with one attached hydrogen (secondary N) is 1. The van der Waals surface area contributed by atoms with E-state index in [1.165, 1.54) is 24.8 Å². The van der Waals surface area contributed by atoms with Gasteiger partial charge in [0.2, 0.25) is 0 Å². The zero-order valence-corrected chi connectivity index (χ0v) is 13.1. The molecule has 1 aliphatic heterocycles. The molecule has 118 valence electrons. The van der Waals surface area contributed by atoms with E-state index in [-0.39, 0.29) is 5.69 Å². The van der Waals surface area contributed by atoms with Crippen molar-refractivity contribution in [3.63, 3.8) is 0 Å². The van der Waals surface area contributed by atoms with Crippen molar-refractivity contribution in [3.8, 4) is 17.1 Å². The highest BCUT2D eigenvalue weighted by molar-refractivity contribution is 5.62. The lowest BCUT2D eigenvalue weighted by atomic mass is 10.0. The highest BCUT2D eigenvalue weighted by Gasteiger charge is 2.18. The van der Waals surface area contributed by atoms with Crippen molar-refractivity contribution in [2.24, 2.45) is 0 Å². The van der Waals surface area contributed by atoms with Crippen LogP contribution in [0.2, 0.25) is 0 Å². The predicted octanol–water partition coefficient (Wildman–Crippen LogP) is 3.14. The Balaban J connectivity index is 1.74. The van der Waals surface area contributed by atoms with Gasteiger partial charge in [-0.25, -0.2) is 9.89 Å². The molecule has 2 aromatic rings. The summed E-state index contributed by atoms with van der Waals surface area (Å²) in [5.74, 6) is 1.66. The van der Waals surface area contributed by atoms with Crippen molar-refractivity contribution in [2.75, 3.05) is 6.61 Å². The molecule has 0 aliphatic carbocycles. The molecule has 0 amide bonds. The van der Waals surface area contributed by atoms with Crippen LogP contribution in [0, 0.1) is 0 Å². The summed E-state index contributed by atoms with van der Waals surface area (Å²) in [6, 6.07) is 6.10. The molecule has 1 aromatic carbocycles. The van der Waals surface area contributed by atoms with Gasteiger partial charge < -0.3 is 4.74 Å². The monoisotopic (exact) mass is 301 g/mol. The van der Waals surface area contributed by atoms with Crippen LogP contribution in [0.4, 0.5) is 0 Å². The van der Waals surface area contributed by atoms with Gasteiger partial charge in [-0.1, -0.05) is 26.2 Å². The van der Waals surface area contributed by atoms with Crippen molar-refractivity contribution < 1.29 is 4.74 Å². The SMILES string of the molecule is CCCCCCOc1ccc2c(c1)CCCn1c-2n[nH]c1=O. The number of fused-ring (bicyclic) bond motifs is 3. The van der Waals surface area contributed by atoms with Crippen molar-refractivity contribution in [1.29, 1.82) is 0 Å². The van der Waals surface area contributed by atoms with Crippen molar-refractivity contribution >= 4 is 0 Å². The van der Waals surface area contributed by atoms with Gasteiger partial charge in [-0.3, -0.25) is 4.57 Å². The van der Waals surface area contributed by atoms with E-state index in [1.807, 2.05) is 12.1 Å². The van der Waals surface area contributed by atoms with E-state index in [0.717, 1.165) is 43.0 Å². The molecule has 0 atom stereocenters. The van der Waals surface area contributed by atoms with Gasteiger partial charge in [-0.05, 0) is 43.0 Å². The van der Waals surface area contributed by atoms with E-state index in [0.29, 0.717) is 6.54 Å². The van der Waals surface area contributed by atoms with Crippen LogP contribution in [-0.4, -0.2) is 21.4 Å². The molecule has 0 bridgehead atoms. The van der Waals surface area contributed by atoms with Gasteiger partial charge in [-0.15, -0.1) is 0 Å². The van der Waals surface area contributed by atoms with Gasteiger partial charge in [0.15, 0.2) is 5.82 Å². The Kier molecular flexibility index (Phi) is 4.61. The quantitative estimate of drug-likeness (QED) is 0.834. The van der Waals surface area contributed by atoms with Crippen molar-refractivity contribution in [2.45, 2.75) is 52.0 Å². The average molecular weight is 301 g/mol. The number of hydrogen-bond acceptors (Lipinski definition) is 3. The van der Waals surface area contributed by atoms with Crippen LogP contribution in [0.5, 0.6) is 5.75 Å². The van der Waals surface area contributed by atoms with Crippen LogP contribution in [0.15, 0.2) is 23.0 Å². The normalized spacial score (nSPS) is 13.3. The second-order valence-electron chi connectivity index (χ2n) is 5.84. The standard InChI is InChI=1S/C17H23N3O2/c1-2-3-4-5-11-22-14-8-9-15-13(12-14)7-6-10-20-16(15)18-19-17(20)21/h8-9,12H,2-7,10-11H2,1H3,(H,19,21). The molecule has 0 unspecified atom stereocenters. The van der Waals surface area contributed by atoms with Crippen LogP contribution in [0.3, 0.4) is 0 Å². The minimum atomic E-state index is -0.126. The van der Waals surface area contributed by atoms with Crippen LogP contribution in [0.25, 0.3) is 11.4 Å². The maximum atomic E-state index is 11.7. The number of aromatic amines is 1. The zero-order valence-electron chi connectivity index (χ0n) is 13.1. The summed E-state index contributed by atoms with van der Waals surface area (Å²) in [5, 5.41) is 6.71. The summed E-state index contributed by atoms with van der Waals surface area (Å²) in [6.07, 6.45) is 6.73. The number of nitrogens with zero attached hydrogens (tertiary/aromatic N) is 2. The van der Waals surface area contributed by atoms with Crippen LogP contribution in [0.1, 0.15) is 44.6 Å².